The number of hydrogen-bond donors (Lipinski definition) is 5. The Morgan fingerprint density at radius 1 is 0.870 bits per heavy atom. The number of rotatable bonds is 12. The molecule has 0 fully saturated rings. The van der Waals surface area contributed by atoms with Crippen molar-refractivity contribution in [1.29, 1.82) is 0 Å². The van der Waals surface area contributed by atoms with E-state index in [1.54, 1.807) is 0 Å². The zero-order chi connectivity index (χ0) is 18.2. The summed E-state index contributed by atoms with van der Waals surface area (Å²) in [7, 11) is -2.15. The Hall–Kier alpha value is -1.93. The molecule has 132 valence electrons. The Morgan fingerprint density at radius 3 is 1.70 bits per heavy atom. The van der Waals surface area contributed by atoms with Gasteiger partial charge in [-0.05, 0) is 19.3 Å². The lowest BCUT2D eigenvalue weighted by molar-refractivity contribution is -0.153. The first-order chi connectivity index (χ1) is 10.5. The van der Waals surface area contributed by atoms with Crippen LogP contribution in [0.25, 0.3) is 0 Å². The smallest absolute Gasteiger partial charge is 0.309 e. The van der Waals surface area contributed by atoms with Gasteiger partial charge < -0.3 is 30.1 Å². The van der Waals surface area contributed by atoms with Gasteiger partial charge in [0.15, 0.2) is 0 Å². The van der Waals surface area contributed by atoms with Gasteiger partial charge in [-0.3, -0.25) is 19.2 Å². The molecule has 4 atom stereocenters. The molecule has 0 aliphatic rings. The van der Waals surface area contributed by atoms with Gasteiger partial charge in [-0.15, -0.1) is 0 Å². The Bertz CT molecular complexity index is 490. The van der Waals surface area contributed by atoms with Crippen LogP contribution in [0.2, 0.25) is 0 Å². The highest BCUT2D eigenvalue weighted by Gasteiger charge is 2.44. The molecule has 0 aromatic carbocycles. The molecule has 0 aromatic rings. The number of carbonyl (C=O) groups is 4. The van der Waals surface area contributed by atoms with Gasteiger partial charge in [0.2, 0.25) is 0 Å². The van der Waals surface area contributed by atoms with Crippen molar-refractivity contribution in [2.45, 2.75) is 37.4 Å². The highest BCUT2D eigenvalue weighted by Crippen LogP contribution is 2.39. The minimum absolute atomic E-state index is 0.377. The van der Waals surface area contributed by atoms with E-state index in [2.05, 4.69) is 0 Å². The Morgan fingerprint density at radius 2 is 1.35 bits per heavy atom. The van der Waals surface area contributed by atoms with Crippen LogP contribution < -0.4 is 0 Å². The second-order valence-corrected chi connectivity index (χ2v) is 6.34. The van der Waals surface area contributed by atoms with E-state index in [-0.39, 0.29) is 6.42 Å². The molecule has 0 aliphatic heterocycles. The molecule has 0 saturated heterocycles. The molecule has 0 spiro atoms. The summed E-state index contributed by atoms with van der Waals surface area (Å²) in [5, 5.41) is 43.2. The lowest BCUT2D eigenvalue weighted by Crippen LogP contribution is -2.41. The van der Waals surface area contributed by atoms with E-state index in [4.69, 9.17) is 20.4 Å². The summed E-state index contributed by atoms with van der Waals surface area (Å²) in [5.41, 5.74) is 0. The molecule has 0 amide bonds. The van der Waals surface area contributed by atoms with Crippen molar-refractivity contribution in [3.63, 3.8) is 0 Å². The fourth-order valence-corrected chi connectivity index (χ4v) is 2.99. The monoisotopic (exact) mass is 354 g/mol. The molecule has 0 radical (unpaired) electrons. The molecule has 0 bridgehead atoms. The predicted octanol–water partition coefficient (Wildman–Crippen LogP) is -0.0474. The second kappa shape index (κ2) is 9.26. The number of aliphatic carboxylic acids is 4. The third-order valence-electron chi connectivity index (χ3n) is 3.38. The molecule has 11 heteroatoms. The van der Waals surface area contributed by atoms with Crippen molar-refractivity contribution < 1.29 is 49.3 Å². The third kappa shape index (κ3) is 7.25. The summed E-state index contributed by atoms with van der Waals surface area (Å²) in [6, 6.07) is 0. The molecular weight excluding hydrogens is 335 g/mol. The first kappa shape index (κ1) is 21.1. The molecule has 23 heavy (non-hydrogen) atoms. The number of hydrogen-bond acceptors (Lipinski definition) is 6. The lowest BCUT2D eigenvalue weighted by Gasteiger charge is -2.31. The molecule has 0 aliphatic carbocycles. The van der Waals surface area contributed by atoms with Gasteiger partial charge in [-0.25, -0.2) is 0 Å². The van der Waals surface area contributed by atoms with Crippen molar-refractivity contribution >= 4 is 32.3 Å². The van der Waals surface area contributed by atoms with Crippen molar-refractivity contribution in [3.05, 3.63) is 0 Å². The van der Waals surface area contributed by atoms with Crippen molar-refractivity contribution in [3.8, 4) is 0 Å². The second-order valence-electron chi connectivity index (χ2n) is 5.10. The van der Waals surface area contributed by atoms with Gasteiger partial charge in [-0.1, -0.05) is 0 Å². The van der Waals surface area contributed by atoms with Crippen molar-refractivity contribution in [1.82, 2.24) is 0 Å². The van der Waals surface area contributed by atoms with Gasteiger partial charge in [-0.2, -0.15) is 0 Å². The molecule has 5 N–H and O–H groups in total. The summed E-state index contributed by atoms with van der Waals surface area (Å²) >= 11 is 0. The maximum absolute atomic E-state index is 11.4. The van der Waals surface area contributed by atoms with Gasteiger partial charge in [0, 0.05) is 12.8 Å². The van der Waals surface area contributed by atoms with E-state index >= 15 is 0 Å². The topological polar surface area (TPSA) is 186 Å². The van der Waals surface area contributed by atoms with Gasteiger partial charge in [0.1, 0.15) is 5.34 Å². The SMILES string of the molecule is O=[PH2]C(O)(CC(CCC(=O)O)C(=O)O)C(CCC(=O)O)C(=O)O. The van der Waals surface area contributed by atoms with Crippen molar-refractivity contribution in [2.24, 2.45) is 11.8 Å². The molecule has 4 unspecified atom stereocenters. The fourth-order valence-electron chi connectivity index (χ4n) is 2.13. The van der Waals surface area contributed by atoms with Crippen LogP contribution in [0.4, 0.5) is 0 Å². The van der Waals surface area contributed by atoms with Crippen LogP contribution in [0.1, 0.15) is 32.1 Å². The van der Waals surface area contributed by atoms with E-state index in [0.29, 0.717) is 0 Å². The van der Waals surface area contributed by atoms with Gasteiger partial charge in [0.25, 0.3) is 0 Å². The lowest BCUT2D eigenvalue weighted by atomic mass is 9.87. The van der Waals surface area contributed by atoms with Crippen molar-refractivity contribution in [2.75, 3.05) is 0 Å². The molecule has 10 nitrogen and oxygen atoms in total. The molecule has 0 saturated carbocycles. The third-order valence-corrected chi connectivity index (χ3v) is 4.43. The number of carboxylic acid groups (broad SMARTS) is 4. The summed E-state index contributed by atoms with van der Waals surface area (Å²) < 4.78 is 11.4. The van der Waals surface area contributed by atoms with E-state index in [1.165, 1.54) is 0 Å². The Balaban J connectivity index is 5.29. The van der Waals surface area contributed by atoms with Gasteiger partial charge >= 0.3 is 23.9 Å². The molecule has 0 heterocycles. The quantitative estimate of drug-likeness (QED) is 0.297. The van der Waals surface area contributed by atoms with E-state index in [0.717, 1.165) is 0 Å². The average molecular weight is 354 g/mol. The number of aliphatic hydroxyl groups is 1. The maximum atomic E-state index is 11.4. The normalized spacial score (nSPS) is 16.6. The van der Waals surface area contributed by atoms with Crippen LogP contribution in [0, 0.1) is 11.8 Å². The summed E-state index contributed by atoms with van der Waals surface area (Å²) in [4.78, 5) is 43.4. The Labute approximate surface area is 131 Å². The van der Waals surface area contributed by atoms with E-state index in [1.807, 2.05) is 0 Å². The van der Waals surface area contributed by atoms with Crippen LogP contribution in [0.5, 0.6) is 0 Å². The van der Waals surface area contributed by atoms with Crippen LogP contribution in [0.3, 0.4) is 0 Å². The number of carboxylic acids is 4. The average Bonchev–Trinajstić information content (AvgIpc) is 2.42. The molecular formula is C12H19O10P. The minimum Gasteiger partial charge on any atom is -0.481 e. The highest BCUT2D eigenvalue weighted by molar-refractivity contribution is 7.25. The molecule has 0 aromatic heterocycles. The highest BCUT2D eigenvalue weighted by atomic mass is 31.1. The maximum Gasteiger partial charge on any atom is 0.309 e. The molecule has 0 rings (SSSR count). The summed E-state index contributed by atoms with van der Waals surface area (Å²) in [6.07, 6.45) is -2.76. The standard InChI is InChI=1S/C12H19O10P/c13-8(14)3-1-6(10(17)18)5-12(21,23-22)7(11(19)20)2-4-9(15)16/h6-7,21H,1-5,23H2,(H,13,14)(H,15,16)(H,17,18)(H,19,20). The van der Waals surface area contributed by atoms with E-state index in [9.17, 15) is 28.8 Å². The zero-order valence-corrected chi connectivity index (χ0v) is 13.2. The Kier molecular flexibility index (Phi) is 8.49. The largest absolute Gasteiger partial charge is 0.481 e. The van der Waals surface area contributed by atoms with Crippen LogP contribution in [0.15, 0.2) is 0 Å². The van der Waals surface area contributed by atoms with Crippen LogP contribution >= 0.6 is 8.46 Å². The van der Waals surface area contributed by atoms with E-state index < -0.39 is 75.2 Å². The summed E-state index contributed by atoms with van der Waals surface area (Å²) in [5.74, 6) is -8.78. The zero-order valence-electron chi connectivity index (χ0n) is 12.0. The first-order valence-corrected chi connectivity index (χ1v) is 7.66. The van der Waals surface area contributed by atoms with Gasteiger partial charge in [0.05, 0.1) is 20.3 Å². The summed E-state index contributed by atoms with van der Waals surface area (Å²) in [6.45, 7) is 0. The fraction of sp³-hybridized carbons (Fsp3) is 0.667. The predicted molar refractivity (Wildman–Crippen MR) is 76.0 cm³/mol. The van der Waals surface area contributed by atoms with Crippen LogP contribution in [-0.2, 0) is 23.7 Å². The minimum atomic E-state index is -2.40. The first-order valence-electron chi connectivity index (χ1n) is 6.61. The van der Waals surface area contributed by atoms with Crippen LogP contribution in [-0.4, -0.2) is 54.8 Å².